The van der Waals surface area contributed by atoms with Crippen LogP contribution in [0.15, 0.2) is 46.9 Å². The number of H-pyrrole nitrogens is 1. The molecule has 0 atom stereocenters. The molecule has 2 aromatic carbocycles. The first-order valence-corrected chi connectivity index (χ1v) is 8.71. The molecule has 3 rings (SSSR count). The standard InChI is InChI=1S/C17H17BrN4O2S/c1-23-14-8-12(13(18)9-15(14)24-2)10-19-22-16(20-21-17(22)25)11-6-4-3-5-7-11/h3-9,19H,10H2,1-2H3,(H,21,25). The maximum Gasteiger partial charge on any atom is 0.214 e. The normalized spacial score (nSPS) is 10.5. The zero-order valence-electron chi connectivity index (χ0n) is 13.7. The second-order valence-corrected chi connectivity index (χ2v) is 6.43. The summed E-state index contributed by atoms with van der Waals surface area (Å²) < 4.78 is 13.8. The van der Waals surface area contributed by atoms with Crippen molar-refractivity contribution < 1.29 is 9.47 Å². The van der Waals surface area contributed by atoms with Gasteiger partial charge in [0, 0.05) is 10.0 Å². The molecule has 0 saturated carbocycles. The van der Waals surface area contributed by atoms with E-state index in [1.54, 1.807) is 18.9 Å². The van der Waals surface area contributed by atoms with Crippen molar-refractivity contribution >= 4 is 28.1 Å². The molecule has 0 saturated heterocycles. The molecule has 2 N–H and O–H groups in total. The minimum atomic E-state index is 0.496. The Labute approximate surface area is 158 Å². The summed E-state index contributed by atoms with van der Waals surface area (Å²) >= 11 is 8.90. The van der Waals surface area contributed by atoms with Gasteiger partial charge in [0.2, 0.25) is 4.77 Å². The largest absolute Gasteiger partial charge is 0.493 e. The smallest absolute Gasteiger partial charge is 0.214 e. The predicted molar refractivity (Wildman–Crippen MR) is 103 cm³/mol. The van der Waals surface area contributed by atoms with Gasteiger partial charge in [-0.05, 0) is 29.9 Å². The lowest BCUT2D eigenvalue weighted by atomic mass is 10.2. The Balaban J connectivity index is 1.88. The number of halogens is 1. The molecular formula is C17H17BrN4O2S. The number of benzene rings is 2. The van der Waals surface area contributed by atoms with Gasteiger partial charge in [0.1, 0.15) is 0 Å². The first-order valence-electron chi connectivity index (χ1n) is 7.51. The molecule has 0 unspecified atom stereocenters. The summed E-state index contributed by atoms with van der Waals surface area (Å²) in [6, 6.07) is 13.6. The lowest BCUT2D eigenvalue weighted by Crippen LogP contribution is -2.16. The zero-order valence-corrected chi connectivity index (χ0v) is 16.1. The van der Waals surface area contributed by atoms with Crippen molar-refractivity contribution in [2.24, 2.45) is 0 Å². The van der Waals surface area contributed by atoms with E-state index >= 15 is 0 Å². The fourth-order valence-electron chi connectivity index (χ4n) is 2.42. The van der Waals surface area contributed by atoms with E-state index in [9.17, 15) is 0 Å². The molecule has 130 valence electrons. The summed E-state index contributed by atoms with van der Waals surface area (Å²) in [6.07, 6.45) is 0. The van der Waals surface area contributed by atoms with Crippen LogP contribution >= 0.6 is 28.1 Å². The van der Waals surface area contributed by atoms with Gasteiger partial charge >= 0.3 is 0 Å². The molecule has 6 nitrogen and oxygen atoms in total. The van der Waals surface area contributed by atoms with Gasteiger partial charge in [-0.3, -0.25) is 0 Å². The highest BCUT2D eigenvalue weighted by molar-refractivity contribution is 9.10. The lowest BCUT2D eigenvalue weighted by Gasteiger charge is -2.14. The molecule has 1 aromatic heterocycles. The van der Waals surface area contributed by atoms with Gasteiger partial charge in [-0.15, -0.1) is 0 Å². The molecule has 0 bridgehead atoms. The Hall–Kier alpha value is -2.32. The Bertz CT molecular complexity index is 924. The molecule has 0 aliphatic rings. The topological polar surface area (TPSA) is 64.1 Å². The monoisotopic (exact) mass is 420 g/mol. The summed E-state index contributed by atoms with van der Waals surface area (Å²) in [5, 5.41) is 7.13. The van der Waals surface area contributed by atoms with Crippen LogP contribution in [0.4, 0.5) is 0 Å². The number of rotatable bonds is 6. The van der Waals surface area contributed by atoms with Crippen LogP contribution in [-0.4, -0.2) is 29.1 Å². The van der Waals surface area contributed by atoms with E-state index in [0.717, 1.165) is 21.4 Å². The van der Waals surface area contributed by atoms with Crippen LogP contribution in [0, 0.1) is 4.77 Å². The average Bonchev–Trinajstić information content (AvgIpc) is 3.01. The van der Waals surface area contributed by atoms with Crippen molar-refractivity contribution in [1.82, 2.24) is 14.9 Å². The van der Waals surface area contributed by atoms with Gasteiger partial charge in [0.25, 0.3) is 0 Å². The van der Waals surface area contributed by atoms with E-state index in [4.69, 9.17) is 21.7 Å². The quantitative estimate of drug-likeness (QED) is 0.586. The van der Waals surface area contributed by atoms with E-state index < -0.39 is 0 Å². The molecule has 1 heterocycles. The highest BCUT2D eigenvalue weighted by Crippen LogP contribution is 2.33. The van der Waals surface area contributed by atoms with Crippen LogP contribution in [0.2, 0.25) is 0 Å². The molecule has 0 amide bonds. The molecule has 0 fully saturated rings. The fourth-order valence-corrected chi connectivity index (χ4v) is 3.08. The number of hydrogen-bond acceptors (Lipinski definition) is 5. The molecule has 0 aliphatic heterocycles. The summed E-state index contributed by atoms with van der Waals surface area (Å²) in [5.41, 5.74) is 5.26. The van der Waals surface area contributed by atoms with E-state index in [0.29, 0.717) is 22.8 Å². The number of aromatic amines is 1. The van der Waals surface area contributed by atoms with Crippen molar-refractivity contribution in [2.45, 2.75) is 6.54 Å². The Morgan fingerprint density at radius 3 is 2.52 bits per heavy atom. The summed E-state index contributed by atoms with van der Waals surface area (Å²) in [4.78, 5) is 0. The van der Waals surface area contributed by atoms with Crippen LogP contribution in [0.3, 0.4) is 0 Å². The van der Waals surface area contributed by atoms with Gasteiger partial charge in [-0.2, -0.15) is 5.10 Å². The van der Waals surface area contributed by atoms with Crippen molar-refractivity contribution in [3.63, 3.8) is 0 Å². The van der Waals surface area contributed by atoms with Gasteiger partial charge in [-0.1, -0.05) is 46.3 Å². The van der Waals surface area contributed by atoms with E-state index in [1.165, 1.54) is 0 Å². The second kappa shape index (κ2) is 7.71. The number of nitrogens with one attached hydrogen (secondary N) is 2. The maximum absolute atomic E-state index is 5.37. The third-order valence-corrected chi connectivity index (χ3v) is 4.70. The highest BCUT2D eigenvalue weighted by atomic mass is 79.9. The van der Waals surface area contributed by atoms with Crippen LogP contribution in [0.5, 0.6) is 11.5 Å². The van der Waals surface area contributed by atoms with E-state index in [1.807, 2.05) is 42.5 Å². The molecule has 0 aliphatic carbocycles. The molecular weight excluding hydrogens is 404 g/mol. The molecule has 0 spiro atoms. The zero-order chi connectivity index (χ0) is 17.8. The average molecular weight is 421 g/mol. The molecule has 3 aromatic rings. The SMILES string of the molecule is COc1cc(Br)c(CNn2c(-c3ccccc3)n[nH]c2=S)cc1OC. The third-order valence-electron chi connectivity index (χ3n) is 3.68. The Morgan fingerprint density at radius 2 is 1.84 bits per heavy atom. The van der Waals surface area contributed by atoms with Gasteiger partial charge in [0.15, 0.2) is 17.3 Å². The summed E-state index contributed by atoms with van der Waals surface area (Å²) in [5.74, 6) is 2.06. The van der Waals surface area contributed by atoms with Crippen molar-refractivity contribution in [3.8, 4) is 22.9 Å². The van der Waals surface area contributed by atoms with Crippen molar-refractivity contribution in [1.29, 1.82) is 0 Å². The van der Waals surface area contributed by atoms with Crippen LogP contribution < -0.4 is 14.9 Å². The van der Waals surface area contributed by atoms with Crippen molar-refractivity contribution in [3.05, 3.63) is 57.3 Å². The van der Waals surface area contributed by atoms with Gasteiger partial charge < -0.3 is 14.9 Å². The van der Waals surface area contributed by atoms with E-state index in [2.05, 4.69) is 31.6 Å². The second-order valence-electron chi connectivity index (χ2n) is 5.19. The van der Waals surface area contributed by atoms with Crippen LogP contribution in [0.1, 0.15) is 5.56 Å². The van der Waals surface area contributed by atoms with Gasteiger partial charge in [0.05, 0.1) is 20.8 Å². The van der Waals surface area contributed by atoms with E-state index in [-0.39, 0.29) is 0 Å². The molecule has 25 heavy (non-hydrogen) atoms. The Kier molecular flexibility index (Phi) is 5.40. The van der Waals surface area contributed by atoms with Gasteiger partial charge in [-0.25, -0.2) is 9.77 Å². The minimum Gasteiger partial charge on any atom is -0.493 e. The number of aromatic nitrogens is 3. The maximum atomic E-state index is 5.37. The number of methoxy groups -OCH3 is 2. The fraction of sp³-hybridized carbons (Fsp3) is 0.176. The predicted octanol–water partition coefficient (Wildman–Crippen LogP) is 4.13. The molecule has 8 heteroatoms. The minimum absolute atomic E-state index is 0.496. The first kappa shape index (κ1) is 17.5. The lowest BCUT2D eigenvalue weighted by molar-refractivity contribution is 0.354. The summed E-state index contributed by atoms with van der Waals surface area (Å²) in [6.45, 7) is 0.522. The molecule has 0 radical (unpaired) electrons. The number of ether oxygens (including phenoxy) is 2. The highest BCUT2D eigenvalue weighted by Gasteiger charge is 2.12. The van der Waals surface area contributed by atoms with Crippen molar-refractivity contribution in [2.75, 3.05) is 19.6 Å². The van der Waals surface area contributed by atoms with Crippen LogP contribution in [-0.2, 0) is 6.54 Å². The Morgan fingerprint density at radius 1 is 1.16 bits per heavy atom. The van der Waals surface area contributed by atoms with Crippen LogP contribution in [0.25, 0.3) is 11.4 Å². The number of nitrogens with zero attached hydrogens (tertiary/aromatic N) is 2. The third kappa shape index (κ3) is 3.69. The summed E-state index contributed by atoms with van der Waals surface area (Å²) in [7, 11) is 3.22. The number of hydrogen-bond donors (Lipinski definition) is 2. The first-order chi connectivity index (χ1) is 12.1.